The third-order valence-corrected chi connectivity index (χ3v) is 4.14. The second kappa shape index (κ2) is 4.56. The van der Waals surface area contributed by atoms with Crippen LogP contribution in [-0.2, 0) is 13.0 Å². The van der Waals surface area contributed by atoms with E-state index in [0.717, 1.165) is 46.1 Å². The first-order chi connectivity index (χ1) is 9.15. The molecule has 0 N–H and O–H groups in total. The van der Waals surface area contributed by atoms with E-state index < -0.39 is 0 Å². The number of hydrogen-bond acceptors (Lipinski definition) is 3. The molecule has 0 aliphatic carbocycles. The van der Waals surface area contributed by atoms with Crippen LogP contribution in [0.25, 0.3) is 11.3 Å². The number of methoxy groups -OCH3 is 2. The lowest BCUT2D eigenvalue weighted by Gasteiger charge is -2.22. The van der Waals surface area contributed by atoms with Gasteiger partial charge >= 0.3 is 0 Å². The van der Waals surface area contributed by atoms with Gasteiger partial charge in [-0.3, -0.25) is 0 Å². The number of rotatable bonds is 2. The van der Waals surface area contributed by atoms with E-state index in [4.69, 9.17) is 9.47 Å². The van der Waals surface area contributed by atoms with Crippen molar-refractivity contribution in [1.82, 2.24) is 9.55 Å². The summed E-state index contributed by atoms with van der Waals surface area (Å²) in [6.07, 6.45) is 0.978. The molecule has 1 aromatic heterocycles. The number of imidazole rings is 1. The highest BCUT2D eigenvalue weighted by Crippen LogP contribution is 2.41. The summed E-state index contributed by atoms with van der Waals surface area (Å²) >= 11 is 3.55. The van der Waals surface area contributed by atoms with Crippen molar-refractivity contribution in [3.63, 3.8) is 0 Å². The molecule has 1 aromatic carbocycles. The Morgan fingerprint density at radius 3 is 2.58 bits per heavy atom. The van der Waals surface area contributed by atoms with E-state index in [9.17, 15) is 0 Å². The summed E-state index contributed by atoms with van der Waals surface area (Å²) in [6.45, 7) is 2.97. The minimum absolute atomic E-state index is 0.750. The Morgan fingerprint density at radius 2 is 1.89 bits per heavy atom. The highest BCUT2D eigenvalue weighted by Gasteiger charge is 2.24. The lowest BCUT2D eigenvalue weighted by Crippen LogP contribution is -2.12. The van der Waals surface area contributed by atoms with Crippen LogP contribution in [0.4, 0.5) is 0 Å². The first-order valence-corrected chi connectivity index (χ1v) is 6.93. The molecular weight excluding hydrogens is 308 g/mol. The minimum Gasteiger partial charge on any atom is -0.493 e. The third-order valence-electron chi connectivity index (χ3n) is 3.59. The molecule has 100 valence electrons. The summed E-state index contributed by atoms with van der Waals surface area (Å²) in [6, 6.07) is 4.09. The van der Waals surface area contributed by atoms with Crippen molar-refractivity contribution in [3.05, 3.63) is 28.1 Å². The zero-order chi connectivity index (χ0) is 13.6. The van der Waals surface area contributed by atoms with Gasteiger partial charge in [-0.15, -0.1) is 0 Å². The van der Waals surface area contributed by atoms with E-state index in [1.807, 2.05) is 13.0 Å². The van der Waals surface area contributed by atoms with E-state index in [1.54, 1.807) is 14.2 Å². The molecule has 19 heavy (non-hydrogen) atoms. The van der Waals surface area contributed by atoms with Gasteiger partial charge in [0, 0.05) is 12.1 Å². The molecule has 1 aliphatic rings. The summed E-state index contributed by atoms with van der Waals surface area (Å²) in [5, 5.41) is 0. The zero-order valence-electron chi connectivity index (χ0n) is 11.2. The molecule has 0 saturated carbocycles. The largest absolute Gasteiger partial charge is 0.493 e. The topological polar surface area (TPSA) is 36.3 Å². The van der Waals surface area contributed by atoms with E-state index in [2.05, 4.69) is 31.5 Å². The van der Waals surface area contributed by atoms with Crippen LogP contribution in [0.15, 0.2) is 16.7 Å². The molecule has 0 unspecified atom stereocenters. The molecule has 2 aromatic rings. The molecule has 0 fully saturated rings. The summed E-state index contributed by atoms with van der Waals surface area (Å²) < 4.78 is 13.9. The summed E-state index contributed by atoms with van der Waals surface area (Å²) in [5.74, 6) is 2.56. The fraction of sp³-hybridized carbons (Fsp3) is 0.357. The van der Waals surface area contributed by atoms with Crippen molar-refractivity contribution in [1.29, 1.82) is 0 Å². The molecule has 0 radical (unpaired) electrons. The SMILES string of the molecule is COc1cc2c(cc1OC)-c1c(Br)nc(C)n1CC2. The summed E-state index contributed by atoms with van der Waals surface area (Å²) in [4.78, 5) is 4.50. The molecule has 2 heterocycles. The van der Waals surface area contributed by atoms with Crippen LogP contribution in [0.2, 0.25) is 0 Å². The summed E-state index contributed by atoms with van der Waals surface area (Å²) in [7, 11) is 3.32. The Balaban J connectivity index is 2.26. The van der Waals surface area contributed by atoms with Gasteiger partial charge in [-0.25, -0.2) is 4.98 Å². The monoisotopic (exact) mass is 322 g/mol. The molecule has 1 aliphatic heterocycles. The fourth-order valence-corrected chi connectivity index (χ4v) is 3.32. The Hall–Kier alpha value is -1.49. The number of nitrogens with zero attached hydrogens (tertiary/aromatic N) is 2. The van der Waals surface area contributed by atoms with Crippen LogP contribution in [0.1, 0.15) is 11.4 Å². The van der Waals surface area contributed by atoms with Gasteiger partial charge in [0.25, 0.3) is 0 Å². The van der Waals surface area contributed by atoms with Crippen LogP contribution in [0.5, 0.6) is 11.5 Å². The van der Waals surface area contributed by atoms with Gasteiger partial charge in [-0.1, -0.05) is 0 Å². The van der Waals surface area contributed by atoms with Crippen molar-refractivity contribution in [2.24, 2.45) is 0 Å². The van der Waals surface area contributed by atoms with E-state index >= 15 is 0 Å². The zero-order valence-corrected chi connectivity index (χ0v) is 12.7. The number of halogens is 1. The van der Waals surface area contributed by atoms with Crippen LogP contribution in [-0.4, -0.2) is 23.8 Å². The van der Waals surface area contributed by atoms with Crippen LogP contribution >= 0.6 is 15.9 Å². The lowest BCUT2D eigenvalue weighted by atomic mass is 9.98. The van der Waals surface area contributed by atoms with Gasteiger partial charge in [0.15, 0.2) is 11.5 Å². The molecule has 0 saturated heterocycles. The normalized spacial score (nSPS) is 12.8. The molecule has 0 bridgehead atoms. The average molecular weight is 323 g/mol. The Morgan fingerprint density at radius 1 is 1.21 bits per heavy atom. The maximum absolute atomic E-state index is 5.39. The standard InChI is InChI=1S/C14H15BrN2O2/c1-8-16-14(15)13-10-7-12(19-3)11(18-2)6-9(10)4-5-17(8)13/h6-7H,4-5H2,1-3H3. The van der Waals surface area contributed by atoms with E-state index in [0.29, 0.717) is 0 Å². The molecule has 0 amide bonds. The maximum Gasteiger partial charge on any atom is 0.161 e. The molecule has 4 nitrogen and oxygen atoms in total. The summed E-state index contributed by atoms with van der Waals surface area (Å²) in [5.41, 5.74) is 3.56. The van der Waals surface area contributed by atoms with Crippen molar-refractivity contribution in [3.8, 4) is 22.8 Å². The minimum atomic E-state index is 0.750. The predicted molar refractivity (Wildman–Crippen MR) is 76.9 cm³/mol. The number of ether oxygens (including phenoxy) is 2. The number of benzene rings is 1. The van der Waals surface area contributed by atoms with Gasteiger partial charge in [0.05, 0.1) is 19.9 Å². The van der Waals surface area contributed by atoms with E-state index in [1.165, 1.54) is 5.56 Å². The van der Waals surface area contributed by atoms with Crippen molar-refractivity contribution in [2.45, 2.75) is 19.9 Å². The number of aryl methyl sites for hydroxylation is 2. The second-order valence-electron chi connectivity index (χ2n) is 4.56. The van der Waals surface area contributed by atoms with E-state index in [-0.39, 0.29) is 0 Å². The average Bonchev–Trinajstić information content (AvgIpc) is 2.72. The van der Waals surface area contributed by atoms with Crippen LogP contribution in [0.3, 0.4) is 0 Å². The maximum atomic E-state index is 5.39. The molecule has 5 heteroatoms. The number of hydrogen-bond donors (Lipinski definition) is 0. The smallest absolute Gasteiger partial charge is 0.161 e. The quantitative estimate of drug-likeness (QED) is 0.852. The first kappa shape index (κ1) is 12.5. The van der Waals surface area contributed by atoms with Gasteiger partial charge in [0.1, 0.15) is 10.4 Å². The molecule has 3 rings (SSSR count). The number of aromatic nitrogens is 2. The van der Waals surface area contributed by atoms with Crippen molar-refractivity contribution in [2.75, 3.05) is 14.2 Å². The van der Waals surface area contributed by atoms with Gasteiger partial charge in [-0.05, 0) is 47.0 Å². The lowest BCUT2D eigenvalue weighted by molar-refractivity contribution is 0.354. The molecular formula is C14H15BrN2O2. The van der Waals surface area contributed by atoms with Gasteiger partial charge < -0.3 is 14.0 Å². The highest BCUT2D eigenvalue weighted by molar-refractivity contribution is 9.10. The highest BCUT2D eigenvalue weighted by atomic mass is 79.9. The fourth-order valence-electron chi connectivity index (χ4n) is 2.64. The van der Waals surface area contributed by atoms with Crippen LogP contribution in [0, 0.1) is 6.92 Å². The predicted octanol–water partition coefficient (Wildman–Crippen LogP) is 3.19. The Bertz CT molecular complexity index is 649. The molecule has 0 spiro atoms. The Kier molecular flexibility index (Phi) is 3.01. The first-order valence-electron chi connectivity index (χ1n) is 6.13. The Labute approximate surface area is 120 Å². The van der Waals surface area contributed by atoms with Gasteiger partial charge in [0.2, 0.25) is 0 Å². The van der Waals surface area contributed by atoms with Gasteiger partial charge in [-0.2, -0.15) is 0 Å². The third kappa shape index (κ3) is 1.84. The number of fused-ring (bicyclic) bond motifs is 3. The van der Waals surface area contributed by atoms with Crippen molar-refractivity contribution < 1.29 is 9.47 Å². The van der Waals surface area contributed by atoms with Crippen LogP contribution < -0.4 is 9.47 Å². The van der Waals surface area contributed by atoms with Crippen molar-refractivity contribution >= 4 is 15.9 Å². The molecule has 0 atom stereocenters. The second-order valence-corrected chi connectivity index (χ2v) is 5.32.